The molecular weight excluding hydrogens is 304 g/mol. The molecule has 0 aliphatic carbocycles. The molecule has 2 atom stereocenters. The first-order valence-electron chi connectivity index (χ1n) is 7.63. The average Bonchev–Trinajstić information content (AvgIpc) is 2.91. The van der Waals surface area contributed by atoms with Gasteiger partial charge in [-0.2, -0.15) is 0 Å². The molecule has 1 aliphatic heterocycles. The zero-order valence-corrected chi connectivity index (χ0v) is 14.1. The quantitative estimate of drug-likeness (QED) is 0.675. The lowest BCUT2D eigenvalue weighted by molar-refractivity contribution is 0.146. The molecule has 1 fully saturated rings. The van der Waals surface area contributed by atoms with Crippen molar-refractivity contribution in [3.8, 4) is 11.5 Å². The molecule has 1 aliphatic rings. The van der Waals surface area contributed by atoms with Gasteiger partial charge in [-0.3, -0.25) is 0 Å². The number of benzene rings is 1. The molecule has 1 aromatic carbocycles. The predicted molar refractivity (Wildman–Crippen MR) is 90.1 cm³/mol. The number of ether oxygens (including phenoxy) is 2. The van der Waals surface area contributed by atoms with E-state index in [4.69, 9.17) is 9.47 Å². The van der Waals surface area contributed by atoms with Crippen molar-refractivity contribution >= 4 is 12.4 Å². The van der Waals surface area contributed by atoms with Gasteiger partial charge in [-0.15, -0.1) is 12.4 Å². The third-order valence-corrected chi connectivity index (χ3v) is 3.73. The molecule has 0 amide bonds. The van der Waals surface area contributed by atoms with Crippen LogP contribution in [0.5, 0.6) is 11.5 Å². The van der Waals surface area contributed by atoms with E-state index in [-0.39, 0.29) is 18.5 Å². The Hall–Kier alpha value is -1.01. The number of halogens is 1. The van der Waals surface area contributed by atoms with Gasteiger partial charge in [0.05, 0.1) is 19.8 Å². The molecule has 5 nitrogen and oxygen atoms in total. The summed E-state index contributed by atoms with van der Waals surface area (Å²) in [4.78, 5) is 0. The highest BCUT2D eigenvalue weighted by molar-refractivity contribution is 5.85. The van der Waals surface area contributed by atoms with Crippen molar-refractivity contribution in [2.75, 3.05) is 33.4 Å². The first kappa shape index (κ1) is 19.0. The average molecular weight is 331 g/mol. The van der Waals surface area contributed by atoms with E-state index in [0.29, 0.717) is 19.1 Å². The minimum absolute atomic E-state index is 0. The monoisotopic (exact) mass is 330 g/mol. The summed E-state index contributed by atoms with van der Waals surface area (Å²) >= 11 is 0. The van der Waals surface area contributed by atoms with E-state index < -0.39 is 0 Å². The number of hydrogen-bond acceptors (Lipinski definition) is 5. The summed E-state index contributed by atoms with van der Waals surface area (Å²) in [5, 5.41) is 16.3. The Labute approximate surface area is 138 Å². The Balaban J connectivity index is 0.00000242. The molecule has 1 saturated heterocycles. The van der Waals surface area contributed by atoms with Crippen LogP contribution in [0, 0.1) is 5.92 Å². The van der Waals surface area contributed by atoms with Crippen molar-refractivity contribution in [3.63, 3.8) is 0 Å². The Morgan fingerprint density at radius 3 is 2.77 bits per heavy atom. The van der Waals surface area contributed by atoms with E-state index in [1.54, 1.807) is 7.11 Å². The summed E-state index contributed by atoms with van der Waals surface area (Å²) in [7, 11) is 1.66. The third-order valence-electron chi connectivity index (χ3n) is 3.73. The SMILES string of the molecule is CCCOc1ccc(CNCC2CNCC2O)cc1OC.Cl. The van der Waals surface area contributed by atoms with Gasteiger partial charge in [-0.25, -0.2) is 0 Å². The Morgan fingerprint density at radius 2 is 2.14 bits per heavy atom. The summed E-state index contributed by atoms with van der Waals surface area (Å²) in [6.45, 7) is 5.92. The molecule has 0 aromatic heterocycles. The lowest BCUT2D eigenvalue weighted by atomic mass is 10.1. The lowest BCUT2D eigenvalue weighted by Crippen LogP contribution is -2.30. The van der Waals surface area contributed by atoms with Crippen LogP contribution in [0.15, 0.2) is 18.2 Å². The second kappa shape index (κ2) is 9.90. The summed E-state index contributed by atoms with van der Waals surface area (Å²) in [5.74, 6) is 1.85. The van der Waals surface area contributed by atoms with Gasteiger partial charge in [0.1, 0.15) is 0 Å². The number of methoxy groups -OCH3 is 1. The zero-order chi connectivity index (χ0) is 15.1. The van der Waals surface area contributed by atoms with Crippen LogP contribution in [0.4, 0.5) is 0 Å². The molecule has 1 heterocycles. The minimum Gasteiger partial charge on any atom is -0.493 e. The number of rotatable bonds is 8. The van der Waals surface area contributed by atoms with E-state index in [2.05, 4.69) is 17.6 Å². The number of nitrogens with one attached hydrogen (secondary N) is 2. The van der Waals surface area contributed by atoms with Gasteiger partial charge in [0.15, 0.2) is 11.5 Å². The Morgan fingerprint density at radius 1 is 1.32 bits per heavy atom. The molecule has 22 heavy (non-hydrogen) atoms. The molecule has 1 aromatic rings. The van der Waals surface area contributed by atoms with Crippen molar-refractivity contribution in [2.24, 2.45) is 5.92 Å². The molecule has 3 N–H and O–H groups in total. The van der Waals surface area contributed by atoms with E-state index in [9.17, 15) is 5.11 Å². The van der Waals surface area contributed by atoms with Crippen LogP contribution in [0.3, 0.4) is 0 Å². The largest absolute Gasteiger partial charge is 0.493 e. The van der Waals surface area contributed by atoms with Crippen LogP contribution in [-0.4, -0.2) is 44.6 Å². The van der Waals surface area contributed by atoms with Crippen LogP contribution in [0.1, 0.15) is 18.9 Å². The Kier molecular flexibility index (Phi) is 8.56. The highest BCUT2D eigenvalue weighted by Gasteiger charge is 2.24. The van der Waals surface area contributed by atoms with Gasteiger partial charge < -0.3 is 25.2 Å². The molecule has 2 rings (SSSR count). The van der Waals surface area contributed by atoms with Crippen LogP contribution < -0.4 is 20.1 Å². The van der Waals surface area contributed by atoms with Crippen LogP contribution in [0.25, 0.3) is 0 Å². The number of aliphatic hydroxyl groups is 1. The van der Waals surface area contributed by atoms with Crippen molar-refractivity contribution in [1.29, 1.82) is 0 Å². The number of hydrogen-bond donors (Lipinski definition) is 3. The second-order valence-electron chi connectivity index (χ2n) is 5.45. The summed E-state index contributed by atoms with van der Waals surface area (Å²) in [6.07, 6.45) is 0.737. The molecule has 6 heteroatoms. The maximum absolute atomic E-state index is 9.75. The van der Waals surface area contributed by atoms with Gasteiger partial charge in [0.25, 0.3) is 0 Å². The normalized spacial score (nSPS) is 20.5. The standard InChI is InChI=1S/C16H26N2O3.ClH/c1-3-6-21-15-5-4-12(7-16(15)20-2)8-17-9-13-10-18-11-14(13)19;/h4-5,7,13-14,17-19H,3,6,8-11H2,1-2H3;1H. The van der Waals surface area contributed by atoms with Crippen LogP contribution in [-0.2, 0) is 6.54 Å². The second-order valence-corrected chi connectivity index (χ2v) is 5.45. The van der Waals surface area contributed by atoms with E-state index in [1.807, 2.05) is 18.2 Å². The van der Waals surface area contributed by atoms with Gasteiger partial charge in [0, 0.05) is 32.1 Å². The van der Waals surface area contributed by atoms with Gasteiger partial charge >= 0.3 is 0 Å². The maximum atomic E-state index is 9.75. The predicted octanol–water partition coefficient (Wildman–Crippen LogP) is 1.58. The molecule has 0 saturated carbocycles. The fourth-order valence-electron chi connectivity index (χ4n) is 2.48. The van der Waals surface area contributed by atoms with Gasteiger partial charge in [-0.1, -0.05) is 13.0 Å². The highest BCUT2D eigenvalue weighted by Crippen LogP contribution is 2.28. The van der Waals surface area contributed by atoms with Gasteiger partial charge in [0.2, 0.25) is 0 Å². The van der Waals surface area contributed by atoms with Crippen LogP contribution >= 0.6 is 12.4 Å². The third kappa shape index (κ3) is 5.32. The van der Waals surface area contributed by atoms with Crippen molar-refractivity contribution < 1.29 is 14.6 Å². The zero-order valence-electron chi connectivity index (χ0n) is 13.3. The molecule has 126 valence electrons. The van der Waals surface area contributed by atoms with Crippen molar-refractivity contribution in [2.45, 2.75) is 26.0 Å². The fourth-order valence-corrected chi connectivity index (χ4v) is 2.48. The van der Waals surface area contributed by atoms with E-state index >= 15 is 0 Å². The topological polar surface area (TPSA) is 62.8 Å². The van der Waals surface area contributed by atoms with E-state index in [0.717, 1.165) is 43.1 Å². The minimum atomic E-state index is -0.239. The Bertz CT molecular complexity index is 445. The molecular formula is C16H27ClN2O3. The van der Waals surface area contributed by atoms with Crippen molar-refractivity contribution in [3.05, 3.63) is 23.8 Å². The fraction of sp³-hybridized carbons (Fsp3) is 0.625. The molecule has 0 radical (unpaired) electrons. The maximum Gasteiger partial charge on any atom is 0.161 e. The van der Waals surface area contributed by atoms with Crippen LogP contribution in [0.2, 0.25) is 0 Å². The van der Waals surface area contributed by atoms with Crippen molar-refractivity contribution in [1.82, 2.24) is 10.6 Å². The molecule has 0 bridgehead atoms. The number of β-amino-alcohol motifs (C(OH)–C–C–N with tert-alkyl or cyclic N) is 1. The van der Waals surface area contributed by atoms with E-state index in [1.165, 1.54) is 0 Å². The lowest BCUT2D eigenvalue weighted by Gasteiger charge is -2.15. The van der Waals surface area contributed by atoms with Gasteiger partial charge in [-0.05, 0) is 24.1 Å². The molecule has 2 unspecified atom stereocenters. The number of aliphatic hydroxyl groups excluding tert-OH is 1. The molecule has 0 spiro atoms. The smallest absolute Gasteiger partial charge is 0.161 e. The summed E-state index contributed by atoms with van der Waals surface area (Å²) in [5.41, 5.74) is 1.15. The summed E-state index contributed by atoms with van der Waals surface area (Å²) < 4.78 is 11.0. The first-order chi connectivity index (χ1) is 10.2. The highest BCUT2D eigenvalue weighted by atomic mass is 35.5. The first-order valence-corrected chi connectivity index (χ1v) is 7.63. The summed E-state index contributed by atoms with van der Waals surface area (Å²) in [6, 6.07) is 6.00.